The van der Waals surface area contributed by atoms with Crippen molar-refractivity contribution in [1.29, 1.82) is 0 Å². The Balaban J connectivity index is 1.34. The number of imide groups is 1. The van der Waals surface area contributed by atoms with Gasteiger partial charge < -0.3 is 19.6 Å². The Morgan fingerprint density at radius 2 is 1.70 bits per heavy atom. The molecule has 0 bridgehead atoms. The summed E-state index contributed by atoms with van der Waals surface area (Å²) in [7, 11) is 0. The standard InChI is InChI=1S/C31H27N3O6/c35-28-25-26(29(36)34(28)17-18-6-2-1-3-7-18)31(30(37)38,15-20-16-32-22-9-5-4-8-21(20)22)33-27(25)19-10-11-23-24(14-19)40-13-12-39-23/h1-11,14,16,25-27,32-33H,12-13,15,17H2,(H,37,38). The lowest BCUT2D eigenvalue weighted by atomic mass is 9.76. The number of H-pyrrole nitrogens is 1. The first-order valence-corrected chi connectivity index (χ1v) is 13.3. The number of aromatic amines is 1. The number of fused-ring (bicyclic) bond motifs is 3. The van der Waals surface area contributed by atoms with Gasteiger partial charge in [-0.15, -0.1) is 0 Å². The number of carbonyl (C=O) groups excluding carboxylic acids is 2. The number of likely N-dealkylation sites (tertiary alicyclic amines) is 1. The third-order valence-electron chi connectivity index (χ3n) is 8.38. The van der Waals surface area contributed by atoms with Gasteiger partial charge in [-0.2, -0.15) is 0 Å². The summed E-state index contributed by atoms with van der Waals surface area (Å²) >= 11 is 0. The Hall–Kier alpha value is -4.63. The van der Waals surface area contributed by atoms with Crippen LogP contribution in [0, 0.1) is 11.8 Å². The smallest absolute Gasteiger partial charge is 0.325 e. The predicted octanol–water partition coefficient (Wildman–Crippen LogP) is 3.45. The molecule has 2 amide bonds. The van der Waals surface area contributed by atoms with Crippen LogP contribution in [0.3, 0.4) is 0 Å². The summed E-state index contributed by atoms with van der Waals surface area (Å²) in [6, 6.07) is 21.5. The minimum atomic E-state index is -1.72. The highest BCUT2D eigenvalue weighted by Gasteiger charge is 2.68. The quantitative estimate of drug-likeness (QED) is 0.322. The molecule has 2 fully saturated rings. The van der Waals surface area contributed by atoms with E-state index in [1.807, 2.05) is 60.7 Å². The number of nitrogens with zero attached hydrogens (tertiary/aromatic N) is 1. The Kier molecular flexibility index (Phi) is 5.64. The molecule has 4 unspecified atom stereocenters. The van der Waals surface area contributed by atoms with Crippen molar-refractivity contribution >= 4 is 28.7 Å². The fraction of sp³-hybridized carbons (Fsp3) is 0.258. The van der Waals surface area contributed by atoms with Crippen LogP contribution in [0.1, 0.15) is 22.7 Å². The molecule has 3 aliphatic heterocycles. The molecule has 1 aromatic heterocycles. The van der Waals surface area contributed by atoms with Crippen LogP contribution < -0.4 is 14.8 Å². The first-order valence-electron chi connectivity index (χ1n) is 13.3. The number of carboxylic acid groups (broad SMARTS) is 1. The maximum absolute atomic E-state index is 14.1. The number of hydrogen-bond donors (Lipinski definition) is 3. The number of ether oxygens (including phenoxy) is 2. The zero-order valence-electron chi connectivity index (χ0n) is 21.5. The van der Waals surface area contributed by atoms with E-state index in [0.717, 1.165) is 22.0 Å². The van der Waals surface area contributed by atoms with Crippen LogP contribution >= 0.6 is 0 Å². The number of carboxylic acids is 1. The van der Waals surface area contributed by atoms with Crippen molar-refractivity contribution in [1.82, 2.24) is 15.2 Å². The third kappa shape index (κ3) is 3.69. The van der Waals surface area contributed by atoms with Crippen molar-refractivity contribution in [2.75, 3.05) is 13.2 Å². The average molecular weight is 538 g/mol. The fourth-order valence-electron chi connectivity index (χ4n) is 6.54. The number of para-hydroxylation sites is 1. The number of benzene rings is 3. The van der Waals surface area contributed by atoms with Crippen molar-refractivity contribution in [3.8, 4) is 11.5 Å². The van der Waals surface area contributed by atoms with Gasteiger partial charge in [-0.25, -0.2) is 0 Å². The molecule has 9 heteroatoms. The summed E-state index contributed by atoms with van der Waals surface area (Å²) in [5, 5.41) is 15.0. The highest BCUT2D eigenvalue weighted by Crippen LogP contribution is 2.51. The molecule has 3 aliphatic rings. The first-order chi connectivity index (χ1) is 19.5. The molecule has 40 heavy (non-hydrogen) atoms. The molecule has 4 aromatic rings. The molecule has 0 aliphatic carbocycles. The SMILES string of the molecule is O=C1C2C(c3ccc4c(c3)OCCO4)NC(Cc3c[nH]c4ccccc34)(C(=O)O)C2C(=O)N1Cc1ccccc1. The summed E-state index contributed by atoms with van der Waals surface area (Å²) in [5.41, 5.74) is 1.38. The van der Waals surface area contributed by atoms with Crippen LogP contribution in [0.25, 0.3) is 10.9 Å². The Bertz CT molecular complexity index is 1650. The van der Waals surface area contributed by atoms with Crippen LogP contribution in [-0.2, 0) is 27.3 Å². The molecule has 2 saturated heterocycles. The predicted molar refractivity (Wildman–Crippen MR) is 145 cm³/mol. The van der Waals surface area contributed by atoms with Crippen molar-refractivity contribution in [2.24, 2.45) is 11.8 Å². The molecular formula is C31H27N3O6. The number of nitrogens with one attached hydrogen (secondary N) is 2. The van der Waals surface area contributed by atoms with Crippen LogP contribution in [0.2, 0.25) is 0 Å². The van der Waals surface area contributed by atoms with Gasteiger partial charge in [-0.3, -0.25) is 24.6 Å². The topological polar surface area (TPSA) is 121 Å². The van der Waals surface area contributed by atoms with E-state index in [1.165, 1.54) is 4.90 Å². The van der Waals surface area contributed by atoms with E-state index in [2.05, 4.69) is 10.3 Å². The van der Waals surface area contributed by atoms with Crippen LogP contribution in [0.4, 0.5) is 0 Å². The van der Waals surface area contributed by atoms with Crippen LogP contribution in [0.15, 0.2) is 79.0 Å². The zero-order chi connectivity index (χ0) is 27.4. The summed E-state index contributed by atoms with van der Waals surface area (Å²) in [6.45, 7) is 0.914. The number of carbonyl (C=O) groups is 3. The van der Waals surface area contributed by atoms with E-state index >= 15 is 0 Å². The lowest BCUT2D eigenvalue weighted by Gasteiger charge is -2.31. The largest absolute Gasteiger partial charge is 0.486 e. The Morgan fingerprint density at radius 1 is 0.950 bits per heavy atom. The second-order valence-electron chi connectivity index (χ2n) is 10.6. The van der Waals surface area contributed by atoms with Gasteiger partial charge in [0.1, 0.15) is 18.8 Å². The number of rotatable bonds is 6. The highest BCUT2D eigenvalue weighted by atomic mass is 16.6. The molecule has 4 heterocycles. The van der Waals surface area contributed by atoms with Gasteiger partial charge in [-0.1, -0.05) is 54.6 Å². The van der Waals surface area contributed by atoms with E-state index in [1.54, 1.807) is 18.3 Å². The molecule has 3 N–H and O–H groups in total. The first kappa shape index (κ1) is 24.4. The molecule has 202 valence electrons. The van der Waals surface area contributed by atoms with Crippen molar-refractivity contribution in [3.05, 3.63) is 95.7 Å². The lowest BCUT2D eigenvalue weighted by Crippen LogP contribution is -2.57. The van der Waals surface area contributed by atoms with E-state index in [0.29, 0.717) is 30.3 Å². The summed E-state index contributed by atoms with van der Waals surface area (Å²) in [6.07, 6.45) is 1.80. The molecule has 7 rings (SSSR count). The van der Waals surface area contributed by atoms with Crippen LogP contribution in [-0.4, -0.2) is 51.5 Å². The van der Waals surface area contributed by atoms with Crippen molar-refractivity contribution in [3.63, 3.8) is 0 Å². The Morgan fingerprint density at radius 3 is 2.50 bits per heavy atom. The van der Waals surface area contributed by atoms with Gasteiger partial charge in [-0.05, 0) is 34.9 Å². The molecule has 9 nitrogen and oxygen atoms in total. The number of hydrogen-bond acceptors (Lipinski definition) is 6. The minimum Gasteiger partial charge on any atom is -0.486 e. The molecule has 0 radical (unpaired) electrons. The minimum absolute atomic E-state index is 0.0206. The van der Waals surface area contributed by atoms with E-state index < -0.39 is 35.3 Å². The van der Waals surface area contributed by atoms with Gasteiger partial charge in [0.2, 0.25) is 11.8 Å². The normalized spacial score (nSPS) is 25.4. The maximum Gasteiger partial charge on any atom is 0.325 e. The van der Waals surface area contributed by atoms with Gasteiger partial charge in [0.05, 0.1) is 18.4 Å². The monoisotopic (exact) mass is 537 g/mol. The average Bonchev–Trinajstić information content (AvgIpc) is 3.62. The summed E-state index contributed by atoms with van der Waals surface area (Å²) < 4.78 is 11.4. The zero-order valence-corrected chi connectivity index (χ0v) is 21.5. The summed E-state index contributed by atoms with van der Waals surface area (Å²) in [5.74, 6) is -2.91. The van der Waals surface area contributed by atoms with E-state index in [-0.39, 0.29) is 18.9 Å². The summed E-state index contributed by atoms with van der Waals surface area (Å²) in [4.78, 5) is 45.8. The second-order valence-corrected chi connectivity index (χ2v) is 10.6. The molecule has 0 spiro atoms. The molecule has 4 atom stereocenters. The van der Waals surface area contributed by atoms with Gasteiger partial charge >= 0.3 is 5.97 Å². The molecule has 3 aromatic carbocycles. The Labute approximate surface area is 229 Å². The number of aromatic nitrogens is 1. The van der Waals surface area contributed by atoms with E-state index in [4.69, 9.17) is 9.47 Å². The second kappa shape index (κ2) is 9.24. The number of aliphatic carboxylic acids is 1. The van der Waals surface area contributed by atoms with Crippen LogP contribution in [0.5, 0.6) is 11.5 Å². The maximum atomic E-state index is 14.1. The lowest BCUT2D eigenvalue weighted by molar-refractivity contribution is -0.151. The third-order valence-corrected chi connectivity index (χ3v) is 8.38. The highest BCUT2D eigenvalue weighted by molar-refractivity contribution is 6.09. The van der Waals surface area contributed by atoms with Crippen molar-refractivity contribution < 1.29 is 29.0 Å². The van der Waals surface area contributed by atoms with E-state index in [9.17, 15) is 19.5 Å². The fourth-order valence-corrected chi connectivity index (χ4v) is 6.54. The van der Waals surface area contributed by atoms with Crippen molar-refractivity contribution in [2.45, 2.75) is 24.5 Å². The molecule has 0 saturated carbocycles. The molecular weight excluding hydrogens is 510 g/mol. The van der Waals surface area contributed by atoms with Gasteiger partial charge in [0.15, 0.2) is 11.5 Å². The van der Waals surface area contributed by atoms with Gasteiger partial charge in [0, 0.05) is 29.6 Å². The number of amides is 2. The van der Waals surface area contributed by atoms with Gasteiger partial charge in [0.25, 0.3) is 0 Å².